The monoisotopic (exact) mass is 273 g/mol. The zero-order chi connectivity index (χ0) is 13.7. The van der Waals surface area contributed by atoms with Gasteiger partial charge in [-0.3, -0.25) is 4.79 Å². The molecule has 1 N–H and O–H groups in total. The van der Waals surface area contributed by atoms with Gasteiger partial charge in [-0.05, 0) is 73.8 Å². The molecule has 3 heteroatoms. The first-order chi connectivity index (χ1) is 9.64. The van der Waals surface area contributed by atoms with E-state index < -0.39 is 5.97 Å². The van der Waals surface area contributed by atoms with Gasteiger partial charge in [-0.2, -0.15) is 0 Å². The normalized spacial score (nSPS) is 39.9. The summed E-state index contributed by atoms with van der Waals surface area (Å²) in [4.78, 5) is 11.9. The second-order valence-corrected chi connectivity index (χ2v) is 7.55. The first-order valence-electron chi connectivity index (χ1n) is 7.98. The molecule has 1 aromatic rings. The Hall–Kier alpha value is -1.25. The van der Waals surface area contributed by atoms with Gasteiger partial charge in [0.25, 0.3) is 0 Å². The molecule has 4 aliphatic rings. The zero-order valence-electron chi connectivity index (χ0n) is 11.9. The van der Waals surface area contributed by atoms with Crippen LogP contribution in [0.3, 0.4) is 0 Å². The second kappa shape index (κ2) is 4.37. The Morgan fingerprint density at radius 1 is 1.10 bits per heavy atom. The summed E-state index contributed by atoms with van der Waals surface area (Å²) in [6, 6.07) is 3.97. The molecule has 4 saturated carbocycles. The molecule has 4 fully saturated rings. The predicted octanol–water partition coefficient (Wildman–Crippen LogP) is 3.41. The molecule has 0 aliphatic heterocycles. The molecule has 0 radical (unpaired) electrons. The van der Waals surface area contributed by atoms with Crippen molar-refractivity contribution in [3.63, 3.8) is 0 Å². The lowest BCUT2D eigenvalue weighted by atomic mass is 9.46. The minimum absolute atomic E-state index is 0.0881. The molecular weight excluding hydrogens is 250 g/mol. The standard InChI is InChI=1S/C17H23NO2/c19-16(20)15(11-18-3-1-2-4-18)17-8-12-5-13(9-17)7-14(6-12)10-17/h1-4,12-15H,5-11H2,(H,19,20). The Bertz CT molecular complexity index is 470. The first-order valence-corrected chi connectivity index (χ1v) is 7.98. The fourth-order valence-corrected chi connectivity index (χ4v) is 5.84. The van der Waals surface area contributed by atoms with E-state index in [1.807, 2.05) is 24.5 Å². The molecule has 1 aromatic heterocycles. The van der Waals surface area contributed by atoms with Gasteiger partial charge >= 0.3 is 5.97 Å². The van der Waals surface area contributed by atoms with E-state index in [2.05, 4.69) is 4.57 Å². The van der Waals surface area contributed by atoms with E-state index in [1.54, 1.807) is 0 Å². The summed E-state index contributed by atoms with van der Waals surface area (Å²) in [6.45, 7) is 0.647. The van der Waals surface area contributed by atoms with Gasteiger partial charge in [-0.15, -0.1) is 0 Å². The molecule has 0 aromatic carbocycles. The van der Waals surface area contributed by atoms with Crippen molar-refractivity contribution in [1.82, 2.24) is 4.57 Å². The minimum Gasteiger partial charge on any atom is -0.481 e. The van der Waals surface area contributed by atoms with Crippen LogP contribution in [0.2, 0.25) is 0 Å². The van der Waals surface area contributed by atoms with E-state index in [-0.39, 0.29) is 11.3 Å². The lowest BCUT2D eigenvalue weighted by Crippen LogP contribution is -2.52. The molecule has 4 aliphatic carbocycles. The third kappa shape index (κ3) is 1.90. The van der Waals surface area contributed by atoms with Gasteiger partial charge in [0.1, 0.15) is 0 Å². The summed E-state index contributed by atoms with van der Waals surface area (Å²) in [5.41, 5.74) is 0.0881. The number of aliphatic carboxylic acids is 1. The lowest BCUT2D eigenvalue weighted by Gasteiger charge is -2.58. The number of aromatic nitrogens is 1. The molecule has 108 valence electrons. The van der Waals surface area contributed by atoms with E-state index in [0.29, 0.717) is 6.54 Å². The predicted molar refractivity (Wildman–Crippen MR) is 76.2 cm³/mol. The summed E-state index contributed by atoms with van der Waals surface area (Å²) < 4.78 is 2.05. The third-order valence-electron chi connectivity index (χ3n) is 6.18. The van der Waals surface area contributed by atoms with Crippen LogP contribution < -0.4 is 0 Å². The molecule has 3 nitrogen and oxygen atoms in total. The van der Waals surface area contributed by atoms with Crippen LogP contribution in [0.5, 0.6) is 0 Å². The Labute approximate surface area is 120 Å². The van der Waals surface area contributed by atoms with Crippen LogP contribution in [0.4, 0.5) is 0 Å². The molecule has 1 unspecified atom stereocenters. The molecular formula is C17H23NO2. The number of carboxylic acids is 1. The van der Waals surface area contributed by atoms with Crippen LogP contribution in [0.1, 0.15) is 38.5 Å². The van der Waals surface area contributed by atoms with Crippen molar-refractivity contribution in [2.75, 3.05) is 0 Å². The molecule has 0 spiro atoms. The molecule has 0 amide bonds. The SMILES string of the molecule is O=C(O)C(Cn1cccc1)C12CC3CC(CC(C3)C1)C2. The summed E-state index contributed by atoms with van der Waals surface area (Å²) in [5.74, 6) is 1.65. The number of rotatable bonds is 4. The van der Waals surface area contributed by atoms with Crippen molar-refractivity contribution < 1.29 is 9.90 Å². The van der Waals surface area contributed by atoms with Crippen molar-refractivity contribution in [1.29, 1.82) is 0 Å². The largest absolute Gasteiger partial charge is 0.481 e. The summed E-state index contributed by atoms with van der Waals surface area (Å²) in [7, 11) is 0. The number of carboxylic acid groups (broad SMARTS) is 1. The number of hydrogen-bond acceptors (Lipinski definition) is 1. The van der Waals surface area contributed by atoms with Gasteiger partial charge in [0, 0.05) is 18.9 Å². The highest BCUT2D eigenvalue weighted by Crippen LogP contribution is 2.63. The van der Waals surface area contributed by atoms with Gasteiger partial charge in [-0.25, -0.2) is 0 Å². The first kappa shape index (κ1) is 12.5. The smallest absolute Gasteiger partial charge is 0.308 e. The van der Waals surface area contributed by atoms with E-state index in [9.17, 15) is 9.90 Å². The van der Waals surface area contributed by atoms with Gasteiger partial charge in [0.05, 0.1) is 5.92 Å². The Kier molecular flexibility index (Phi) is 2.73. The zero-order valence-corrected chi connectivity index (χ0v) is 11.9. The van der Waals surface area contributed by atoms with Crippen LogP contribution in [0.15, 0.2) is 24.5 Å². The van der Waals surface area contributed by atoms with E-state index >= 15 is 0 Å². The Morgan fingerprint density at radius 2 is 1.60 bits per heavy atom. The molecule has 0 saturated heterocycles. The van der Waals surface area contributed by atoms with E-state index in [0.717, 1.165) is 37.0 Å². The van der Waals surface area contributed by atoms with Crippen LogP contribution in [0, 0.1) is 29.1 Å². The van der Waals surface area contributed by atoms with Crippen LogP contribution in [0.25, 0.3) is 0 Å². The summed E-state index contributed by atoms with van der Waals surface area (Å²) >= 11 is 0. The van der Waals surface area contributed by atoms with Crippen LogP contribution >= 0.6 is 0 Å². The molecule has 1 atom stereocenters. The molecule has 4 bridgehead atoms. The lowest BCUT2D eigenvalue weighted by molar-refractivity contribution is -0.159. The third-order valence-corrected chi connectivity index (χ3v) is 6.18. The van der Waals surface area contributed by atoms with Crippen molar-refractivity contribution in [3.05, 3.63) is 24.5 Å². The van der Waals surface area contributed by atoms with Crippen molar-refractivity contribution in [2.24, 2.45) is 29.1 Å². The number of carbonyl (C=O) groups is 1. The molecule has 1 heterocycles. The average molecular weight is 273 g/mol. The highest BCUT2D eigenvalue weighted by atomic mass is 16.4. The van der Waals surface area contributed by atoms with Gasteiger partial charge in [-0.1, -0.05) is 0 Å². The van der Waals surface area contributed by atoms with Crippen molar-refractivity contribution in [2.45, 2.75) is 45.1 Å². The number of hydrogen-bond donors (Lipinski definition) is 1. The van der Waals surface area contributed by atoms with Crippen LogP contribution in [-0.4, -0.2) is 15.6 Å². The maximum absolute atomic E-state index is 11.9. The summed E-state index contributed by atoms with van der Waals surface area (Å²) in [5, 5.41) is 9.82. The molecule has 20 heavy (non-hydrogen) atoms. The molecule has 5 rings (SSSR count). The van der Waals surface area contributed by atoms with E-state index in [1.165, 1.54) is 19.3 Å². The fraction of sp³-hybridized carbons (Fsp3) is 0.706. The Balaban J connectivity index is 1.64. The maximum Gasteiger partial charge on any atom is 0.308 e. The fourth-order valence-electron chi connectivity index (χ4n) is 5.84. The average Bonchev–Trinajstić information content (AvgIpc) is 2.86. The van der Waals surface area contributed by atoms with Gasteiger partial charge in [0.2, 0.25) is 0 Å². The number of nitrogens with zero attached hydrogens (tertiary/aromatic N) is 1. The second-order valence-electron chi connectivity index (χ2n) is 7.55. The Morgan fingerprint density at radius 3 is 2.05 bits per heavy atom. The highest BCUT2D eigenvalue weighted by Gasteiger charge is 2.55. The maximum atomic E-state index is 11.9. The topological polar surface area (TPSA) is 42.2 Å². The van der Waals surface area contributed by atoms with Crippen molar-refractivity contribution in [3.8, 4) is 0 Å². The highest BCUT2D eigenvalue weighted by molar-refractivity contribution is 5.71. The quantitative estimate of drug-likeness (QED) is 0.913. The van der Waals surface area contributed by atoms with Crippen molar-refractivity contribution >= 4 is 5.97 Å². The van der Waals surface area contributed by atoms with Crippen LogP contribution in [-0.2, 0) is 11.3 Å². The van der Waals surface area contributed by atoms with Gasteiger partial charge < -0.3 is 9.67 Å². The van der Waals surface area contributed by atoms with Gasteiger partial charge in [0.15, 0.2) is 0 Å². The van der Waals surface area contributed by atoms with E-state index in [4.69, 9.17) is 0 Å². The minimum atomic E-state index is -0.583. The summed E-state index contributed by atoms with van der Waals surface area (Å²) in [6.07, 6.45) is 11.6.